The monoisotopic (exact) mass is 285 g/mol. The number of nitrogens with one attached hydrogen (secondary N) is 2. The van der Waals surface area contributed by atoms with Crippen molar-refractivity contribution in [3.05, 3.63) is 5.01 Å². The van der Waals surface area contributed by atoms with E-state index in [4.69, 9.17) is 4.74 Å². The van der Waals surface area contributed by atoms with Crippen molar-refractivity contribution in [2.45, 2.75) is 39.4 Å². The van der Waals surface area contributed by atoms with E-state index in [0.717, 1.165) is 24.5 Å². The van der Waals surface area contributed by atoms with Gasteiger partial charge in [0.15, 0.2) is 6.54 Å². The van der Waals surface area contributed by atoms with Crippen LogP contribution in [-0.4, -0.2) is 47.9 Å². The zero-order valence-corrected chi connectivity index (χ0v) is 12.4. The van der Waals surface area contributed by atoms with Crippen LogP contribution in [0.1, 0.15) is 25.8 Å². The Balaban J connectivity index is 1.83. The summed E-state index contributed by atoms with van der Waals surface area (Å²) in [5.74, 6) is -0.00453. The van der Waals surface area contributed by atoms with Gasteiger partial charge in [-0.15, -0.1) is 10.2 Å². The Hall–Kier alpha value is -1.05. The molecule has 0 spiro atoms. The number of hydrogen-bond donors (Lipinski definition) is 2. The fraction of sp³-hybridized carbons (Fsp3) is 0.750. The first-order valence-electron chi connectivity index (χ1n) is 6.68. The smallest absolute Gasteiger partial charge is 0.281 e. The van der Waals surface area contributed by atoms with Crippen molar-refractivity contribution < 1.29 is 14.4 Å². The number of ether oxygens (including phenoxy) is 1. The van der Waals surface area contributed by atoms with E-state index in [1.54, 1.807) is 0 Å². The predicted molar refractivity (Wildman–Crippen MR) is 73.5 cm³/mol. The molecule has 1 aliphatic heterocycles. The first-order chi connectivity index (χ1) is 9.06. The minimum absolute atomic E-state index is 0.00453. The van der Waals surface area contributed by atoms with Gasteiger partial charge in [0.25, 0.3) is 5.91 Å². The number of carbonyl (C=O) groups excluding carboxylic acids is 1. The van der Waals surface area contributed by atoms with Crippen molar-refractivity contribution in [1.29, 1.82) is 0 Å². The quantitative estimate of drug-likeness (QED) is 0.799. The number of carbonyl (C=O) groups is 1. The molecule has 0 bridgehead atoms. The Bertz CT molecular complexity index is 427. The average Bonchev–Trinajstić information content (AvgIpc) is 2.74. The summed E-state index contributed by atoms with van der Waals surface area (Å²) in [6.07, 6.45) is 1.26. The summed E-state index contributed by atoms with van der Waals surface area (Å²) in [7, 11) is 0. The lowest BCUT2D eigenvalue weighted by atomic mass is 10.2. The third kappa shape index (κ3) is 4.22. The Kier molecular flexibility index (Phi) is 4.84. The van der Waals surface area contributed by atoms with Crippen LogP contribution in [0.5, 0.6) is 0 Å². The van der Waals surface area contributed by atoms with E-state index in [1.807, 2.05) is 20.8 Å². The third-order valence-electron chi connectivity index (χ3n) is 3.04. The van der Waals surface area contributed by atoms with E-state index in [0.29, 0.717) is 11.7 Å². The van der Waals surface area contributed by atoms with E-state index < -0.39 is 0 Å². The van der Waals surface area contributed by atoms with Crippen molar-refractivity contribution in [3.63, 3.8) is 0 Å². The molecule has 0 unspecified atom stereocenters. The molecule has 2 N–H and O–H groups in total. The molecule has 2 heterocycles. The number of aromatic nitrogens is 2. The Labute approximate surface area is 117 Å². The van der Waals surface area contributed by atoms with Crippen LogP contribution in [0.3, 0.4) is 0 Å². The van der Waals surface area contributed by atoms with Crippen LogP contribution in [0.15, 0.2) is 0 Å². The molecule has 1 aliphatic rings. The molecule has 2 atom stereocenters. The van der Waals surface area contributed by atoms with E-state index in [1.165, 1.54) is 16.2 Å². The SMILES string of the molecule is CCc1nnc(NC(=O)C[NH+]2C[C@H](C)O[C@@H](C)C2)s1. The van der Waals surface area contributed by atoms with Crippen LogP contribution in [-0.2, 0) is 16.0 Å². The van der Waals surface area contributed by atoms with Crippen molar-refractivity contribution >= 4 is 22.4 Å². The van der Waals surface area contributed by atoms with Crippen LogP contribution in [0, 0.1) is 0 Å². The van der Waals surface area contributed by atoms with Crippen LogP contribution >= 0.6 is 11.3 Å². The highest BCUT2D eigenvalue weighted by Gasteiger charge is 2.27. The molecule has 0 aliphatic carbocycles. The summed E-state index contributed by atoms with van der Waals surface area (Å²) in [6.45, 7) is 8.31. The van der Waals surface area contributed by atoms with Gasteiger partial charge in [0.2, 0.25) is 5.13 Å². The molecular weight excluding hydrogens is 264 g/mol. The summed E-state index contributed by atoms with van der Waals surface area (Å²) in [5, 5.41) is 12.3. The van der Waals surface area contributed by atoms with E-state index in [9.17, 15) is 4.79 Å². The molecule has 1 fully saturated rings. The zero-order valence-electron chi connectivity index (χ0n) is 11.6. The average molecular weight is 285 g/mol. The van der Waals surface area contributed by atoms with Gasteiger partial charge in [-0.3, -0.25) is 10.1 Å². The highest BCUT2D eigenvalue weighted by atomic mass is 32.1. The second-order valence-corrected chi connectivity index (χ2v) is 6.06. The van der Waals surface area contributed by atoms with Gasteiger partial charge in [-0.1, -0.05) is 18.3 Å². The fourth-order valence-electron chi connectivity index (χ4n) is 2.37. The van der Waals surface area contributed by atoms with Crippen LogP contribution < -0.4 is 10.2 Å². The molecule has 1 aromatic rings. The number of hydrogen-bond acceptors (Lipinski definition) is 5. The Morgan fingerprint density at radius 3 is 2.68 bits per heavy atom. The van der Waals surface area contributed by atoms with Gasteiger partial charge >= 0.3 is 0 Å². The Morgan fingerprint density at radius 1 is 1.42 bits per heavy atom. The largest absolute Gasteiger partial charge is 0.364 e. The normalized spacial score (nSPS) is 27.2. The predicted octanol–water partition coefficient (Wildman–Crippen LogP) is -0.269. The topological polar surface area (TPSA) is 68.5 Å². The summed E-state index contributed by atoms with van der Waals surface area (Å²) >= 11 is 1.44. The van der Waals surface area contributed by atoms with Gasteiger partial charge < -0.3 is 9.64 Å². The van der Waals surface area contributed by atoms with Crippen molar-refractivity contribution in [1.82, 2.24) is 10.2 Å². The molecule has 2 rings (SSSR count). The van der Waals surface area contributed by atoms with E-state index in [-0.39, 0.29) is 18.1 Å². The number of morpholine rings is 1. The number of amides is 1. The van der Waals surface area contributed by atoms with Gasteiger partial charge in [-0.05, 0) is 20.3 Å². The molecule has 0 radical (unpaired) electrons. The lowest BCUT2D eigenvalue weighted by Gasteiger charge is -2.31. The molecule has 0 aromatic carbocycles. The molecule has 0 saturated carbocycles. The third-order valence-corrected chi connectivity index (χ3v) is 4.03. The summed E-state index contributed by atoms with van der Waals surface area (Å²) in [4.78, 5) is 13.2. The molecule has 106 valence electrons. The van der Waals surface area contributed by atoms with Crippen molar-refractivity contribution in [3.8, 4) is 0 Å². The first-order valence-corrected chi connectivity index (χ1v) is 7.49. The number of quaternary nitrogens is 1. The number of aryl methyl sites for hydroxylation is 1. The second-order valence-electron chi connectivity index (χ2n) is 5.00. The summed E-state index contributed by atoms with van der Waals surface area (Å²) in [5.41, 5.74) is 0. The molecule has 1 saturated heterocycles. The maximum Gasteiger partial charge on any atom is 0.281 e. The van der Waals surface area contributed by atoms with Gasteiger partial charge in [0.05, 0.1) is 0 Å². The maximum absolute atomic E-state index is 12.0. The van der Waals surface area contributed by atoms with Gasteiger partial charge in [-0.25, -0.2) is 0 Å². The number of rotatable bonds is 4. The minimum Gasteiger partial charge on any atom is -0.364 e. The van der Waals surface area contributed by atoms with Crippen molar-refractivity contribution in [2.24, 2.45) is 0 Å². The highest BCUT2D eigenvalue weighted by Crippen LogP contribution is 2.14. The van der Waals surface area contributed by atoms with Gasteiger partial charge in [0, 0.05) is 0 Å². The van der Waals surface area contributed by atoms with E-state index >= 15 is 0 Å². The first kappa shape index (κ1) is 14.4. The molecular formula is C12H21N4O2S+. The molecule has 6 nitrogen and oxygen atoms in total. The van der Waals surface area contributed by atoms with Crippen molar-refractivity contribution in [2.75, 3.05) is 25.0 Å². The fourth-order valence-corrected chi connectivity index (χ4v) is 3.07. The molecule has 1 aromatic heterocycles. The highest BCUT2D eigenvalue weighted by molar-refractivity contribution is 7.15. The lowest BCUT2D eigenvalue weighted by Crippen LogP contribution is -3.16. The molecule has 7 heteroatoms. The molecule has 1 amide bonds. The Morgan fingerprint density at radius 2 is 2.11 bits per heavy atom. The van der Waals surface area contributed by atoms with Gasteiger partial charge in [0.1, 0.15) is 30.3 Å². The number of anilines is 1. The summed E-state index contributed by atoms with van der Waals surface area (Å²) in [6, 6.07) is 0. The van der Waals surface area contributed by atoms with Crippen LogP contribution in [0.25, 0.3) is 0 Å². The number of nitrogens with zero attached hydrogens (tertiary/aromatic N) is 2. The second kappa shape index (κ2) is 6.40. The minimum atomic E-state index is -0.00453. The summed E-state index contributed by atoms with van der Waals surface area (Å²) < 4.78 is 5.66. The van der Waals surface area contributed by atoms with E-state index in [2.05, 4.69) is 15.5 Å². The zero-order chi connectivity index (χ0) is 13.8. The van der Waals surface area contributed by atoms with Gasteiger partial charge in [-0.2, -0.15) is 0 Å². The standard InChI is InChI=1S/C12H20N4O2S/c1-4-11-14-15-12(19-11)13-10(17)7-16-5-8(2)18-9(3)6-16/h8-9H,4-7H2,1-3H3,(H,13,15,17)/p+1/t8-,9-/m0/s1. The molecule has 19 heavy (non-hydrogen) atoms. The lowest BCUT2D eigenvalue weighted by molar-refractivity contribution is -0.907. The van der Waals surface area contributed by atoms with Crippen LogP contribution in [0.4, 0.5) is 5.13 Å². The maximum atomic E-state index is 12.0. The van der Waals surface area contributed by atoms with Crippen LogP contribution in [0.2, 0.25) is 0 Å².